The van der Waals surface area contributed by atoms with Gasteiger partial charge in [0.1, 0.15) is 5.75 Å². The average molecular weight is 298 g/mol. The molecule has 100 valence electrons. The zero-order valence-corrected chi connectivity index (χ0v) is 11.7. The van der Waals surface area contributed by atoms with E-state index < -0.39 is 0 Å². The van der Waals surface area contributed by atoms with Crippen molar-refractivity contribution in [2.45, 2.75) is 13.0 Å². The fourth-order valence-corrected chi connectivity index (χ4v) is 2.29. The summed E-state index contributed by atoms with van der Waals surface area (Å²) in [6, 6.07) is 8.96. The van der Waals surface area contributed by atoms with E-state index in [1.807, 2.05) is 18.2 Å². The minimum atomic E-state index is -0.167. The van der Waals surface area contributed by atoms with E-state index in [-0.39, 0.29) is 6.61 Å². The number of halogens is 2. The van der Waals surface area contributed by atoms with E-state index in [1.165, 1.54) is 0 Å². The van der Waals surface area contributed by atoms with Gasteiger partial charge in [-0.1, -0.05) is 29.3 Å². The summed E-state index contributed by atoms with van der Waals surface area (Å²) in [6.45, 7) is 0.268. The third-order valence-corrected chi connectivity index (χ3v) is 3.09. The van der Waals surface area contributed by atoms with E-state index in [0.29, 0.717) is 34.4 Å². The first kappa shape index (κ1) is 14.1. The van der Waals surface area contributed by atoms with Gasteiger partial charge in [-0.15, -0.1) is 0 Å². The third kappa shape index (κ3) is 3.83. The Morgan fingerprint density at radius 1 is 1.21 bits per heavy atom. The summed E-state index contributed by atoms with van der Waals surface area (Å²) in [5.74, 6) is 0.476. The molecule has 0 saturated heterocycles. The van der Waals surface area contributed by atoms with Gasteiger partial charge in [0.05, 0.1) is 18.2 Å². The number of aliphatic hydroxyl groups is 1. The largest absolute Gasteiger partial charge is 0.491 e. The van der Waals surface area contributed by atoms with Gasteiger partial charge in [0, 0.05) is 28.9 Å². The van der Waals surface area contributed by atoms with E-state index in [1.54, 1.807) is 18.3 Å². The molecule has 1 aromatic heterocycles. The molecule has 0 atom stereocenters. The summed E-state index contributed by atoms with van der Waals surface area (Å²) in [4.78, 5) is 4.21. The highest BCUT2D eigenvalue weighted by Gasteiger charge is 2.10. The van der Waals surface area contributed by atoms with Crippen LogP contribution in [0.25, 0.3) is 0 Å². The van der Waals surface area contributed by atoms with E-state index in [0.717, 1.165) is 5.69 Å². The minimum Gasteiger partial charge on any atom is -0.491 e. The molecule has 3 nitrogen and oxygen atoms in total. The van der Waals surface area contributed by atoms with Crippen LogP contribution in [0.4, 0.5) is 0 Å². The van der Waals surface area contributed by atoms with E-state index in [4.69, 9.17) is 27.9 Å². The van der Waals surface area contributed by atoms with Crippen LogP contribution < -0.4 is 4.74 Å². The number of aromatic nitrogens is 1. The SMILES string of the molecule is OCc1cc(Cl)cc(Cl)c1OCCc1ccccn1. The molecule has 0 amide bonds. The number of pyridine rings is 1. The summed E-state index contributed by atoms with van der Waals surface area (Å²) < 4.78 is 5.63. The highest BCUT2D eigenvalue weighted by Crippen LogP contribution is 2.32. The topological polar surface area (TPSA) is 42.4 Å². The van der Waals surface area contributed by atoms with Gasteiger partial charge < -0.3 is 9.84 Å². The van der Waals surface area contributed by atoms with Crippen molar-refractivity contribution >= 4 is 23.2 Å². The zero-order valence-electron chi connectivity index (χ0n) is 10.1. The first-order chi connectivity index (χ1) is 9.20. The van der Waals surface area contributed by atoms with Crippen molar-refractivity contribution in [3.63, 3.8) is 0 Å². The van der Waals surface area contributed by atoms with Gasteiger partial charge in [-0.3, -0.25) is 4.98 Å². The molecule has 0 aliphatic carbocycles. The Hall–Kier alpha value is -1.29. The standard InChI is InChI=1S/C14H13Cl2NO2/c15-11-7-10(9-18)14(13(16)8-11)19-6-4-12-3-1-2-5-17-12/h1-3,5,7-8,18H,4,6,9H2. The van der Waals surface area contributed by atoms with Gasteiger partial charge in [-0.25, -0.2) is 0 Å². The van der Waals surface area contributed by atoms with E-state index >= 15 is 0 Å². The Morgan fingerprint density at radius 3 is 2.74 bits per heavy atom. The fraction of sp³-hybridized carbons (Fsp3) is 0.214. The number of nitrogens with zero attached hydrogens (tertiary/aromatic N) is 1. The molecule has 0 saturated carbocycles. The smallest absolute Gasteiger partial charge is 0.143 e. The lowest BCUT2D eigenvalue weighted by atomic mass is 10.2. The van der Waals surface area contributed by atoms with Crippen LogP contribution in [0, 0.1) is 0 Å². The number of aliphatic hydroxyl groups excluding tert-OH is 1. The minimum absolute atomic E-state index is 0.167. The maximum atomic E-state index is 9.27. The molecular formula is C14H13Cl2NO2. The summed E-state index contributed by atoms with van der Waals surface area (Å²) in [6.07, 6.45) is 2.41. The van der Waals surface area contributed by atoms with Crippen molar-refractivity contribution in [1.82, 2.24) is 4.98 Å². The number of hydrogen-bond donors (Lipinski definition) is 1. The zero-order chi connectivity index (χ0) is 13.7. The molecule has 19 heavy (non-hydrogen) atoms. The van der Waals surface area contributed by atoms with Crippen LogP contribution in [0.1, 0.15) is 11.3 Å². The second-order valence-electron chi connectivity index (χ2n) is 3.95. The van der Waals surface area contributed by atoms with Gasteiger partial charge in [0.2, 0.25) is 0 Å². The maximum absolute atomic E-state index is 9.27. The van der Waals surface area contributed by atoms with Gasteiger partial charge in [-0.05, 0) is 24.3 Å². The van der Waals surface area contributed by atoms with E-state index in [9.17, 15) is 5.11 Å². The first-order valence-corrected chi connectivity index (χ1v) is 6.58. The first-order valence-electron chi connectivity index (χ1n) is 5.82. The van der Waals surface area contributed by atoms with Crippen LogP contribution in [0.5, 0.6) is 5.75 Å². The molecule has 5 heteroatoms. The Morgan fingerprint density at radius 2 is 2.05 bits per heavy atom. The van der Waals surface area contributed by atoms with E-state index in [2.05, 4.69) is 4.98 Å². The molecule has 1 aromatic carbocycles. The third-order valence-electron chi connectivity index (χ3n) is 2.59. The molecule has 0 aliphatic rings. The van der Waals surface area contributed by atoms with Crippen LogP contribution in [0.2, 0.25) is 10.0 Å². The summed E-state index contributed by atoms with van der Waals surface area (Å²) in [5.41, 5.74) is 1.52. The number of ether oxygens (including phenoxy) is 1. The number of benzene rings is 1. The van der Waals surface area contributed by atoms with Crippen LogP contribution >= 0.6 is 23.2 Å². The molecule has 0 spiro atoms. The van der Waals surface area contributed by atoms with Gasteiger partial charge in [-0.2, -0.15) is 0 Å². The molecular weight excluding hydrogens is 285 g/mol. The van der Waals surface area contributed by atoms with Crippen molar-refractivity contribution in [3.8, 4) is 5.75 Å². The van der Waals surface area contributed by atoms with Crippen LogP contribution in [0.15, 0.2) is 36.5 Å². The van der Waals surface area contributed by atoms with Crippen molar-refractivity contribution in [3.05, 3.63) is 57.8 Å². The van der Waals surface area contributed by atoms with Crippen LogP contribution in [-0.2, 0) is 13.0 Å². The quantitative estimate of drug-likeness (QED) is 0.918. The van der Waals surface area contributed by atoms with Gasteiger partial charge in [0.25, 0.3) is 0 Å². The van der Waals surface area contributed by atoms with Crippen molar-refractivity contribution in [2.24, 2.45) is 0 Å². The summed E-state index contributed by atoms with van der Waals surface area (Å²) in [7, 11) is 0. The second kappa shape index (κ2) is 6.75. The Kier molecular flexibility index (Phi) is 5.02. The lowest BCUT2D eigenvalue weighted by Crippen LogP contribution is -2.05. The predicted molar refractivity (Wildman–Crippen MR) is 75.8 cm³/mol. The molecule has 0 radical (unpaired) electrons. The molecule has 0 fully saturated rings. The Bertz CT molecular complexity index is 547. The molecule has 1 N–H and O–H groups in total. The highest BCUT2D eigenvalue weighted by molar-refractivity contribution is 6.35. The summed E-state index contributed by atoms with van der Waals surface area (Å²) >= 11 is 11.9. The van der Waals surface area contributed by atoms with Gasteiger partial charge >= 0.3 is 0 Å². The fourth-order valence-electron chi connectivity index (χ4n) is 1.70. The lowest BCUT2D eigenvalue weighted by Gasteiger charge is -2.12. The average Bonchev–Trinajstić information content (AvgIpc) is 2.42. The van der Waals surface area contributed by atoms with Crippen molar-refractivity contribution in [1.29, 1.82) is 0 Å². The molecule has 0 bridgehead atoms. The van der Waals surface area contributed by atoms with Crippen LogP contribution in [-0.4, -0.2) is 16.7 Å². The highest BCUT2D eigenvalue weighted by atomic mass is 35.5. The molecule has 0 aliphatic heterocycles. The number of rotatable bonds is 5. The molecule has 2 aromatic rings. The molecule has 1 heterocycles. The normalized spacial score (nSPS) is 10.5. The van der Waals surface area contributed by atoms with Crippen molar-refractivity contribution in [2.75, 3.05) is 6.61 Å². The molecule has 0 unspecified atom stereocenters. The predicted octanol–water partition coefficient (Wildman–Crippen LogP) is 3.50. The summed E-state index contributed by atoms with van der Waals surface area (Å²) in [5, 5.41) is 10.2. The van der Waals surface area contributed by atoms with Crippen LogP contribution in [0.3, 0.4) is 0 Å². The molecule has 2 rings (SSSR count). The van der Waals surface area contributed by atoms with Crippen molar-refractivity contribution < 1.29 is 9.84 Å². The second-order valence-corrected chi connectivity index (χ2v) is 4.80. The van der Waals surface area contributed by atoms with Gasteiger partial charge in [0.15, 0.2) is 0 Å². The maximum Gasteiger partial charge on any atom is 0.143 e. The Labute approximate surface area is 121 Å². The monoisotopic (exact) mass is 297 g/mol. The number of hydrogen-bond acceptors (Lipinski definition) is 3. The Balaban J connectivity index is 2.03. The lowest BCUT2D eigenvalue weighted by molar-refractivity contribution is 0.263.